The molecule has 23 heavy (non-hydrogen) atoms. The van der Waals surface area contributed by atoms with Crippen molar-refractivity contribution in [2.24, 2.45) is 0 Å². The predicted molar refractivity (Wildman–Crippen MR) is 121 cm³/mol. The molecule has 0 saturated heterocycles. The van der Waals surface area contributed by atoms with E-state index in [4.69, 9.17) is 9.47 Å². The molecule has 0 aromatic heterocycles. The fourth-order valence-corrected chi connectivity index (χ4v) is 7.25. The molecule has 0 N–H and O–H groups in total. The zero-order valence-corrected chi connectivity index (χ0v) is 23.4. The lowest BCUT2D eigenvalue weighted by atomic mass is 10.3. The van der Waals surface area contributed by atoms with E-state index in [1.807, 2.05) is 12.1 Å². The molecule has 0 heterocycles. The largest absolute Gasteiger partial charge is 0.455 e. The molecule has 0 bridgehead atoms. The minimum absolute atomic E-state index is 0.0382. The maximum absolute atomic E-state index is 5.78. The molecule has 2 rings (SSSR count). The van der Waals surface area contributed by atoms with Gasteiger partial charge in [-0.15, -0.1) is 0 Å². The molecule has 0 saturated carbocycles. The predicted octanol–water partition coefficient (Wildman–Crippen LogP) is 9.20. The van der Waals surface area contributed by atoms with Gasteiger partial charge in [0.1, 0.15) is 0 Å². The van der Waals surface area contributed by atoms with E-state index in [9.17, 15) is 0 Å². The molecule has 0 unspecified atom stereocenters. The van der Waals surface area contributed by atoms with Crippen LogP contribution in [-0.4, -0.2) is 6.79 Å². The van der Waals surface area contributed by atoms with Gasteiger partial charge in [-0.25, -0.2) is 0 Å². The van der Waals surface area contributed by atoms with Gasteiger partial charge in [-0.2, -0.15) is 0 Å². The summed E-state index contributed by atoms with van der Waals surface area (Å²) >= 11 is 27.9. The van der Waals surface area contributed by atoms with Gasteiger partial charge in [0.05, 0.1) is 26.8 Å². The molecular weight excluding hydrogens is 827 g/mol. The van der Waals surface area contributed by atoms with E-state index < -0.39 is 0 Å². The summed E-state index contributed by atoms with van der Waals surface area (Å²) in [6.45, 7) is 0.0382. The van der Waals surface area contributed by atoms with E-state index in [0.717, 1.165) is 35.8 Å². The summed E-state index contributed by atoms with van der Waals surface area (Å²) in [5.74, 6) is 1.28. The lowest BCUT2D eigenvalue weighted by Gasteiger charge is -2.16. The molecule has 0 spiro atoms. The molecule has 0 atom stereocenters. The second kappa shape index (κ2) is 9.19. The molecular formula is C13H4Br8O2. The fourth-order valence-electron chi connectivity index (χ4n) is 1.53. The first kappa shape index (κ1) is 21.2. The zero-order chi connectivity index (χ0) is 17.3. The molecule has 0 fully saturated rings. The SMILES string of the molecule is Brc1cc(Br)c(OCOc2c(Br)c(Br)c(Br)c(Br)c2Br)c(Br)c1. The van der Waals surface area contributed by atoms with E-state index in [1.54, 1.807) is 0 Å². The van der Waals surface area contributed by atoms with Gasteiger partial charge in [-0.3, -0.25) is 0 Å². The lowest BCUT2D eigenvalue weighted by molar-refractivity contribution is 0.116. The van der Waals surface area contributed by atoms with Crippen molar-refractivity contribution >= 4 is 127 Å². The molecule has 0 aliphatic heterocycles. The first-order chi connectivity index (χ1) is 10.7. The summed E-state index contributed by atoms with van der Waals surface area (Å²) in [5, 5.41) is 0. The first-order valence-electron chi connectivity index (χ1n) is 5.65. The average Bonchev–Trinajstić information content (AvgIpc) is 2.48. The first-order valence-corrected chi connectivity index (χ1v) is 12.0. The maximum Gasteiger partial charge on any atom is 0.231 e. The quantitative estimate of drug-likeness (QED) is 0.174. The van der Waals surface area contributed by atoms with Gasteiger partial charge in [0.25, 0.3) is 0 Å². The minimum Gasteiger partial charge on any atom is -0.455 e. The second-order valence-corrected chi connectivity index (χ2v) is 10.6. The standard InChI is InChI=1S/C13H4Br8O2/c14-4-1-5(15)12(6(16)2-4)22-3-23-13-10(20)8(18)7(17)9(19)11(13)21/h1-2H,3H2. The van der Waals surface area contributed by atoms with Gasteiger partial charge in [-0.1, -0.05) is 15.9 Å². The molecule has 2 nitrogen and oxygen atoms in total. The molecule has 0 aliphatic carbocycles. The van der Waals surface area contributed by atoms with Crippen LogP contribution in [0.2, 0.25) is 0 Å². The summed E-state index contributed by atoms with van der Waals surface area (Å²) in [6.07, 6.45) is 0. The van der Waals surface area contributed by atoms with Crippen LogP contribution in [0, 0.1) is 0 Å². The Hall–Kier alpha value is 1.88. The Kier molecular flexibility index (Phi) is 8.47. The van der Waals surface area contributed by atoms with Crippen molar-refractivity contribution in [2.45, 2.75) is 0 Å². The van der Waals surface area contributed by atoms with Crippen LogP contribution in [0.5, 0.6) is 11.5 Å². The lowest BCUT2D eigenvalue weighted by Crippen LogP contribution is -2.08. The van der Waals surface area contributed by atoms with E-state index in [1.165, 1.54) is 0 Å². The summed E-state index contributed by atoms with van der Waals surface area (Å²) < 4.78 is 18.2. The molecule has 0 aliphatic rings. The Morgan fingerprint density at radius 1 is 0.565 bits per heavy atom. The summed E-state index contributed by atoms with van der Waals surface area (Å²) in [6, 6.07) is 3.80. The monoisotopic (exact) mass is 823 g/mol. The van der Waals surface area contributed by atoms with Crippen LogP contribution >= 0.6 is 127 Å². The molecule has 0 radical (unpaired) electrons. The number of benzene rings is 2. The van der Waals surface area contributed by atoms with Gasteiger partial charge in [0.2, 0.25) is 6.79 Å². The summed E-state index contributed by atoms with van der Waals surface area (Å²) in [4.78, 5) is 0. The van der Waals surface area contributed by atoms with Crippen molar-refractivity contribution in [2.75, 3.05) is 6.79 Å². The highest BCUT2D eigenvalue weighted by molar-refractivity contribution is 9.16. The Morgan fingerprint density at radius 2 is 0.957 bits per heavy atom. The van der Waals surface area contributed by atoms with Crippen LogP contribution in [0.3, 0.4) is 0 Å². The molecule has 2 aromatic rings. The van der Waals surface area contributed by atoms with Crippen LogP contribution in [-0.2, 0) is 0 Å². The van der Waals surface area contributed by atoms with Gasteiger partial charge >= 0.3 is 0 Å². The van der Waals surface area contributed by atoms with Crippen LogP contribution in [0.15, 0.2) is 47.9 Å². The highest BCUT2D eigenvalue weighted by Gasteiger charge is 2.19. The summed E-state index contributed by atoms with van der Waals surface area (Å²) in [7, 11) is 0. The number of halogens is 8. The number of ether oxygens (including phenoxy) is 2. The van der Waals surface area contributed by atoms with Crippen molar-refractivity contribution in [3.8, 4) is 11.5 Å². The van der Waals surface area contributed by atoms with Gasteiger partial charge < -0.3 is 9.47 Å². The van der Waals surface area contributed by atoms with Crippen LogP contribution < -0.4 is 9.47 Å². The minimum atomic E-state index is 0.0382. The third-order valence-electron chi connectivity index (χ3n) is 2.54. The molecule has 2 aromatic carbocycles. The van der Waals surface area contributed by atoms with Crippen molar-refractivity contribution in [1.29, 1.82) is 0 Å². The van der Waals surface area contributed by atoms with E-state index in [2.05, 4.69) is 127 Å². The highest BCUT2D eigenvalue weighted by Crippen LogP contribution is 2.48. The van der Waals surface area contributed by atoms with Gasteiger partial charge in [0.15, 0.2) is 11.5 Å². The Bertz CT molecular complexity index is 710. The third-order valence-corrected chi connectivity index (χ3v) is 10.2. The summed E-state index contributed by atoms with van der Waals surface area (Å²) in [5.41, 5.74) is 0. The maximum atomic E-state index is 5.78. The van der Waals surface area contributed by atoms with E-state index >= 15 is 0 Å². The van der Waals surface area contributed by atoms with E-state index in [-0.39, 0.29) is 6.79 Å². The van der Waals surface area contributed by atoms with Crippen LogP contribution in [0.4, 0.5) is 0 Å². The molecule has 10 heteroatoms. The fraction of sp³-hybridized carbons (Fsp3) is 0.0769. The van der Waals surface area contributed by atoms with Crippen molar-refractivity contribution in [1.82, 2.24) is 0 Å². The molecule has 124 valence electrons. The zero-order valence-electron chi connectivity index (χ0n) is 10.7. The number of hydrogen-bond donors (Lipinski definition) is 0. The van der Waals surface area contributed by atoms with E-state index in [0.29, 0.717) is 11.5 Å². The Morgan fingerprint density at radius 3 is 1.43 bits per heavy atom. The second-order valence-electron chi connectivity index (χ2n) is 4.00. The van der Waals surface area contributed by atoms with Gasteiger partial charge in [-0.05, 0) is 124 Å². The average molecular weight is 831 g/mol. The number of rotatable bonds is 4. The normalized spacial score (nSPS) is 10.8. The smallest absolute Gasteiger partial charge is 0.231 e. The molecule has 0 amide bonds. The highest BCUT2D eigenvalue weighted by atomic mass is 79.9. The van der Waals surface area contributed by atoms with Crippen molar-refractivity contribution < 1.29 is 9.47 Å². The van der Waals surface area contributed by atoms with Crippen molar-refractivity contribution in [3.05, 3.63) is 47.9 Å². The Labute approximate surface area is 200 Å². The Balaban J connectivity index is 2.20. The van der Waals surface area contributed by atoms with Gasteiger partial charge in [0, 0.05) is 8.95 Å². The number of hydrogen-bond acceptors (Lipinski definition) is 2. The van der Waals surface area contributed by atoms with Crippen LogP contribution in [0.1, 0.15) is 0 Å². The van der Waals surface area contributed by atoms with Crippen LogP contribution in [0.25, 0.3) is 0 Å². The topological polar surface area (TPSA) is 18.5 Å². The van der Waals surface area contributed by atoms with Crippen molar-refractivity contribution in [3.63, 3.8) is 0 Å². The third kappa shape index (κ3) is 4.99.